The number of furan rings is 1. The fraction of sp³-hybridized carbons (Fsp3) is 0.385. The lowest BCUT2D eigenvalue weighted by atomic mass is 10.3. The van der Waals surface area contributed by atoms with Gasteiger partial charge in [0.2, 0.25) is 0 Å². The highest BCUT2D eigenvalue weighted by Crippen LogP contribution is 2.21. The van der Waals surface area contributed by atoms with Gasteiger partial charge in [0.15, 0.2) is 0 Å². The number of thiophene rings is 1. The quantitative estimate of drug-likeness (QED) is 0.790. The molecule has 2 aromatic heterocycles. The lowest BCUT2D eigenvalue weighted by Gasteiger charge is -2.15. The molecule has 0 aliphatic heterocycles. The van der Waals surface area contributed by atoms with Crippen molar-refractivity contribution in [3.05, 3.63) is 45.0 Å². The lowest BCUT2D eigenvalue weighted by Crippen LogP contribution is -2.28. The van der Waals surface area contributed by atoms with E-state index >= 15 is 0 Å². The Hall–Kier alpha value is -0.620. The Labute approximate surface area is 120 Å². The van der Waals surface area contributed by atoms with Crippen LogP contribution in [-0.4, -0.2) is 25.0 Å². The summed E-state index contributed by atoms with van der Waals surface area (Å²) < 4.78 is 6.22. The summed E-state index contributed by atoms with van der Waals surface area (Å²) in [5, 5.41) is 5.60. The van der Waals surface area contributed by atoms with E-state index in [1.807, 2.05) is 6.07 Å². The first-order valence-corrected chi connectivity index (χ1v) is 7.54. The average Bonchev–Trinajstić information content (AvgIpc) is 2.96. The SMILES string of the molecule is CN(CCNCc1ccoc1)Cc1csc(Br)c1. The number of likely N-dealkylation sites (N-methyl/N-ethyl adjacent to an activating group) is 1. The summed E-state index contributed by atoms with van der Waals surface area (Å²) in [5.74, 6) is 0. The van der Waals surface area contributed by atoms with Crippen LogP contribution in [0.2, 0.25) is 0 Å². The van der Waals surface area contributed by atoms with Crippen molar-refractivity contribution >= 4 is 27.3 Å². The fourth-order valence-corrected chi connectivity index (χ4v) is 2.92. The van der Waals surface area contributed by atoms with Crippen molar-refractivity contribution in [2.24, 2.45) is 0 Å². The predicted octanol–water partition coefficient (Wildman–Crippen LogP) is 3.33. The topological polar surface area (TPSA) is 28.4 Å². The van der Waals surface area contributed by atoms with Gasteiger partial charge in [0, 0.05) is 31.7 Å². The molecule has 3 nitrogen and oxygen atoms in total. The molecular weight excluding hydrogens is 312 g/mol. The van der Waals surface area contributed by atoms with Crippen molar-refractivity contribution in [2.45, 2.75) is 13.1 Å². The van der Waals surface area contributed by atoms with Gasteiger partial charge >= 0.3 is 0 Å². The van der Waals surface area contributed by atoms with Crippen LogP contribution in [0.5, 0.6) is 0 Å². The molecule has 0 aliphatic carbocycles. The molecule has 0 saturated heterocycles. The van der Waals surface area contributed by atoms with Gasteiger partial charge < -0.3 is 14.6 Å². The molecule has 0 unspecified atom stereocenters. The Balaban J connectivity index is 1.61. The molecule has 0 radical (unpaired) electrons. The van der Waals surface area contributed by atoms with Gasteiger partial charge in [-0.1, -0.05) is 0 Å². The average molecular weight is 329 g/mol. The Morgan fingerprint density at radius 2 is 2.33 bits per heavy atom. The largest absolute Gasteiger partial charge is 0.472 e. The smallest absolute Gasteiger partial charge is 0.0947 e. The molecule has 0 amide bonds. The van der Waals surface area contributed by atoms with Crippen molar-refractivity contribution in [1.82, 2.24) is 10.2 Å². The normalized spacial score (nSPS) is 11.3. The van der Waals surface area contributed by atoms with Crippen LogP contribution in [0.15, 0.2) is 38.2 Å². The van der Waals surface area contributed by atoms with Gasteiger partial charge in [-0.15, -0.1) is 11.3 Å². The molecular formula is C13H17BrN2OS. The van der Waals surface area contributed by atoms with Crippen LogP contribution in [0.1, 0.15) is 11.1 Å². The molecule has 0 aliphatic rings. The first-order chi connectivity index (χ1) is 8.74. The Bertz CT molecular complexity index is 455. The number of hydrogen-bond acceptors (Lipinski definition) is 4. The van der Waals surface area contributed by atoms with Crippen LogP contribution in [0.3, 0.4) is 0 Å². The van der Waals surface area contributed by atoms with E-state index in [1.54, 1.807) is 23.9 Å². The fourth-order valence-electron chi connectivity index (χ4n) is 1.72. The van der Waals surface area contributed by atoms with E-state index in [2.05, 4.69) is 44.6 Å². The molecule has 0 spiro atoms. The molecule has 2 rings (SSSR count). The minimum Gasteiger partial charge on any atom is -0.472 e. The van der Waals surface area contributed by atoms with E-state index < -0.39 is 0 Å². The van der Waals surface area contributed by atoms with Gasteiger partial charge in [0.1, 0.15) is 0 Å². The molecule has 0 aromatic carbocycles. The third-order valence-corrected chi connectivity index (χ3v) is 4.21. The standard InChI is InChI=1S/C13H17BrN2OS/c1-16(8-12-6-13(14)18-10-12)4-3-15-7-11-2-5-17-9-11/h2,5-6,9-10,15H,3-4,7-8H2,1H3. The summed E-state index contributed by atoms with van der Waals surface area (Å²) in [5.41, 5.74) is 2.56. The second-order valence-electron chi connectivity index (χ2n) is 4.31. The zero-order valence-electron chi connectivity index (χ0n) is 10.4. The van der Waals surface area contributed by atoms with Crippen LogP contribution in [0, 0.1) is 0 Å². The lowest BCUT2D eigenvalue weighted by molar-refractivity contribution is 0.324. The zero-order chi connectivity index (χ0) is 12.8. The van der Waals surface area contributed by atoms with Crippen LogP contribution in [0.25, 0.3) is 0 Å². The second-order valence-corrected chi connectivity index (χ2v) is 6.60. The van der Waals surface area contributed by atoms with Gasteiger partial charge in [0.05, 0.1) is 16.3 Å². The maximum atomic E-state index is 5.02. The molecule has 1 N–H and O–H groups in total. The Kier molecular flexibility index (Phi) is 5.44. The first kappa shape index (κ1) is 13.8. The monoisotopic (exact) mass is 328 g/mol. The minimum atomic E-state index is 0.869. The van der Waals surface area contributed by atoms with Crippen molar-refractivity contribution in [3.63, 3.8) is 0 Å². The maximum absolute atomic E-state index is 5.02. The van der Waals surface area contributed by atoms with Crippen molar-refractivity contribution in [1.29, 1.82) is 0 Å². The third kappa shape index (κ3) is 4.57. The van der Waals surface area contributed by atoms with E-state index in [1.165, 1.54) is 14.9 Å². The predicted molar refractivity (Wildman–Crippen MR) is 78.8 cm³/mol. The summed E-state index contributed by atoms with van der Waals surface area (Å²) in [7, 11) is 2.14. The third-order valence-electron chi connectivity index (χ3n) is 2.65. The number of nitrogens with zero attached hydrogens (tertiary/aromatic N) is 1. The van der Waals surface area contributed by atoms with E-state index in [9.17, 15) is 0 Å². The van der Waals surface area contributed by atoms with E-state index in [0.717, 1.165) is 26.2 Å². The Morgan fingerprint density at radius 1 is 1.44 bits per heavy atom. The summed E-state index contributed by atoms with van der Waals surface area (Å²) in [6, 6.07) is 4.17. The van der Waals surface area contributed by atoms with Gasteiger partial charge in [-0.05, 0) is 46.1 Å². The van der Waals surface area contributed by atoms with Gasteiger partial charge in [-0.3, -0.25) is 0 Å². The molecule has 5 heteroatoms. The molecule has 0 atom stereocenters. The number of rotatable bonds is 7. The van der Waals surface area contributed by atoms with Crippen LogP contribution >= 0.6 is 27.3 Å². The number of hydrogen-bond donors (Lipinski definition) is 1. The van der Waals surface area contributed by atoms with E-state index in [4.69, 9.17) is 4.42 Å². The number of halogens is 1. The number of nitrogens with one attached hydrogen (secondary N) is 1. The summed E-state index contributed by atoms with van der Waals surface area (Å²) in [6.45, 7) is 3.88. The highest BCUT2D eigenvalue weighted by atomic mass is 79.9. The van der Waals surface area contributed by atoms with Crippen molar-refractivity contribution in [2.75, 3.05) is 20.1 Å². The van der Waals surface area contributed by atoms with Gasteiger partial charge in [0.25, 0.3) is 0 Å². The highest BCUT2D eigenvalue weighted by Gasteiger charge is 2.02. The highest BCUT2D eigenvalue weighted by molar-refractivity contribution is 9.11. The molecule has 98 valence electrons. The summed E-state index contributed by atoms with van der Waals surface area (Å²) in [4.78, 5) is 2.32. The second kappa shape index (κ2) is 7.09. The van der Waals surface area contributed by atoms with Gasteiger partial charge in [-0.2, -0.15) is 0 Å². The molecule has 0 fully saturated rings. The molecule has 2 aromatic rings. The van der Waals surface area contributed by atoms with E-state index in [-0.39, 0.29) is 0 Å². The van der Waals surface area contributed by atoms with E-state index in [0.29, 0.717) is 0 Å². The van der Waals surface area contributed by atoms with Crippen LogP contribution in [0.4, 0.5) is 0 Å². The summed E-state index contributed by atoms with van der Waals surface area (Å²) in [6.07, 6.45) is 3.48. The van der Waals surface area contributed by atoms with Crippen molar-refractivity contribution < 1.29 is 4.42 Å². The van der Waals surface area contributed by atoms with Crippen molar-refractivity contribution in [3.8, 4) is 0 Å². The zero-order valence-corrected chi connectivity index (χ0v) is 12.8. The van der Waals surface area contributed by atoms with Crippen LogP contribution < -0.4 is 5.32 Å². The summed E-state index contributed by atoms with van der Waals surface area (Å²) >= 11 is 5.22. The maximum Gasteiger partial charge on any atom is 0.0947 e. The van der Waals surface area contributed by atoms with Gasteiger partial charge in [-0.25, -0.2) is 0 Å². The van der Waals surface area contributed by atoms with Crippen LogP contribution in [-0.2, 0) is 13.1 Å². The minimum absolute atomic E-state index is 0.869. The molecule has 0 bridgehead atoms. The first-order valence-electron chi connectivity index (χ1n) is 5.87. The molecule has 18 heavy (non-hydrogen) atoms. The Morgan fingerprint density at radius 3 is 3.00 bits per heavy atom. The molecule has 0 saturated carbocycles. The molecule has 2 heterocycles.